The Bertz CT molecular complexity index is 1450. The molecule has 4 aromatic rings. The number of phenolic OH excluding ortho intramolecular Hbond substituents is 1. The molecule has 0 saturated carbocycles. The predicted octanol–water partition coefficient (Wildman–Crippen LogP) is 3.46. The number of nitrogens with zero attached hydrogens (tertiary/aromatic N) is 2. The van der Waals surface area contributed by atoms with Crippen LogP contribution in [0.3, 0.4) is 0 Å². The zero-order valence-electron chi connectivity index (χ0n) is 20.8. The minimum atomic E-state index is -1.38. The first kappa shape index (κ1) is 26.8. The van der Waals surface area contributed by atoms with Crippen LogP contribution in [-0.2, 0) is 4.79 Å². The Morgan fingerprint density at radius 2 is 1.79 bits per heavy atom. The zero-order valence-corrected chi connectivity index (χ0v) is 21.6. The maximum absolute atomic E-state index is 13.5. The van der Waals surface area contributed by atoms with Gasteiger partial charge in [0.1, 0.15) is 17.1 Å². The fraction of sp³-hybridized carbons (Fsp3) is 0.259. The Morgan fingerprint density at radius 1 is 1.05 bits per heavy atom. The van der Waals surface area contributed by atoms with Gasteiger partial charge in [-0.3, -0.25) is 14.0 Å². The summed E-state index contributed by atoms with van der Waals surface area (Å²) < 4.78 is 1.50. The molecule has 38 heavy (non-hydrogen) atoms. The summed E-state index contributed by atoms with van der Waals surface area (Å²) >= 11 is 1.43. The Kier molecular flexibility index (Phi) is 8.08. The molecule has 1 aromatic carbocycles. The topological polar surface area (TPSA) is 153 Å². The normalized spacial score (nSPS) is 12.8. The molecule has 0 aliphatic carbocycles. The van der Waals surface area contributed by atoms with Crippen molar-refractivity contribution in [3.05, 3.63) is 76.2 Å². The average Bonchev–Trinajstić information content (AvgIpc) is 3.54. The molecule has 0 fully saturated rings. The average molecular weight is 537 g/mol. The number of phenols is 1. The van der Waals surface area contributed by atoms with E-state index in [0.717, 1.165) is 0 Å². The molecule has 198 valence electrons. The second-order valence-corrected chi connectivity index (χ2v) is 10.0. The van der Waals surface area contributed by atoms with Crippen LogP contribution in [0.4, 0.5) is 0 Å². The highest BCUT2D eigenvalue weighted by Gasteiger charge is 2.28. The molecule has 3 heterocycles. The van der Waals surface area contributed by atoms with Gasteiger partial charge in [-0.1, -0.05) is 26.0 Å². The van der Waals surface area contributed by atoms with Gasteiger partial charge in [0.15, 0.2) is 11.7 Å². The number of pyridine rings is 1. The van der Waals surface area contributed by atoms with Gasteiger partial charge in [0.25, 0.3) is 11.8 Å². The van der Waals surface area contributed by atoms with E-state index in [1.54, 1.807) is 12.3 Å². The summed E-state index contributed by atoms with van der Waals surface area (Å²) in [6.45, 7) is 3.76. The van der Waals surface area contributed by atoms with E-state index < -0.39 is 29.9 Å². The summed E-state index contributed by atoms with van der Waals surface area (Å²) in [7, 11) is 0. The van der Waals surface area contributed by atoms with Crippen LogP contribution in [0.5, 0.6) is 5.75 Å². The summed E-state index contributed by atoms with van der Waals surface area (Å²) in [4.78, 5) is 43.4. The fourth-order valence-corrected chi connectivity index (χ4v) is 4.87. The predicted molar refractivity (Wildman–Crippen MR) is 142 cm³/mol. The molecule has 2 atom stereocenters. The Labute approximate surface area is 222 Å². The largest absolute Gasteiger partial charge is 0.508 e. The van der Waals surface area contributed by atoms with Crippen molar-refractivity contribution in [2.45, 2.75) is 32.4 Å². The number of carbonyl (C=O) groups excluding carboxylic acids is 2. The van der Waals surface area contributed by atoms with Crippen molar-refractivity contribution < 1.29 is 29.7 Å². The maximum atomic E-state index is 13.5. The van der Waals surface area contributed by atoms with Gasteiger partial charge in [0.2, 0.25) is 0 Å². The van der Waals surface area contributed by atoms with Crippen molar-refractivity contribution in [3.8, 4) is 17.0 Å². The second kappa shape index (κ2) is 11.4. The number of aliphatic hydroxyl groups excluding tert-OH is 1. The summed E-state index contributed by atoms with van der Waals surface area (Å²) in [5.41, 5.74) is 1.77. The molecule has 0 saturated heterocycles. The van der Waals surface area contributed by atoms with E-state index in [9.17, 15) is 29.7 Å². The van der Waals surface area contributed by atoms with Crippen LogP contribution in [0.25, 0.3) is 16.9 Å². The van der Waals surface area contributed by atoms with Crippen molar-refractivity contribution >= 4 is 34.8 Å². The smallest absolute Gasteiger partial charge is 0.330 e. The molecule has 3 aromatic heterocycles. The molecule has 0 unspecified atom stereocenters. The number of hydrogen-bond acceptors (Lipinski definition) is 7. The van der Waals surface area contributed by atoms with Crippen LogP contribution in [0.2, 0.25) is 0 Å². The Morgan fingerprint density at radius 3 is 2.39 bits per heavy atom. The summed E-state index contributed by atoms with van der Waals surface area (Å²) in [6.07, 6.45) is 2.18. The summed E-state index contributed by atoms with van der Waals surface area (Å²) in [5, 5.41) is 38.1. The lowest BCUT2D eigenvalue weighted by atomic mass is 10.0. The third kappa shape index (κ3) is 5.68. The highest BCUT2D eigenvalue weighted by molar-refractivity contribution is 7.08. The van der Waals surface area contributed by atoms with Gasteiger partial charge in [-0.2, -0.15) is 11.3 Å². The van der Waals surface area contributed by atoms with Crippen LogP contribution in [0, 0.1) is 5.92 Å². The highest BCUT2D eigenvalue weighted by Crippen LogP contribution is 2.28. The molecule has 0 spiro atoms. The lowest BCUT2D eigenvalue weighted by molar-refractivity contribution is -0.139. The van der Waals surface area contributed by atoms with Crippen molar-refractivity contribution in [3.63, 3.8) is 0 Å². The van der Waals surface area contributed by atoms with Crippen molar-refractivity contribution in [2.75, 3.05) is 6.61 Å². The molecule has 5 N–H and O–H groups in total. The summed E-state index contributed by atoms with van der Waals surface area (Å²) in [5.74, 6) is -2.22. The standard InChI is InChI=1S/C27H28N4O6S/c1-15(2)12-18(13-32)28-26(35)23-21(17-9-11-38-14-17)29-24-20(4-3-10-31(23)24)25(34)30-22(27(36)37)16-5-7-19(33)8-6-16/h3-11,14-15,18,22,32-33H,12-13H2,1-2H3,(H,28,35)(H,30,34)(H,36,37)/t18-,22-/m0/s1. The number of thiophene rings is 1. The molecule has 2 amide bonds. The van der Waals surface area contributed by atoms with E-state index in [4.69, 9.17) is 0 Å². The SMILES string of the molecule is CC(C)C[C@@H](CO)NC(=O)c1c(-c2ccsc2)nc2c(C(=O)N[C@H](C(=O)O)c3ccc(O)cc3)cccn12. The molecule has 4 rings (SSSR count). The van der Waals surface area contributed by atoms with Gasteiger partial charge in [-0.15, -0.1) is 0 Å². The first-order valence-electron chi connectivity index (χ1n) is 12.0. The molecule has 0 radical (unpaired) electrons. The number of hydrogen-bond donors (Lipinski definition) is 5. The van der Waals surface area contributed by atoms with Crippen molar-refractivity contribution in [1.82, 2.24) is 20.0 Å². The lowest BCUT2D eigenvalue weighted by Gasteiger charge is -2.18. The van der Waals surface area contributed by atoms with Gasteiger partial charge >= 0.3 is 5.97 Å². The Balaban J connectivity index is 1.75. The van der Waals surface area contributed by atoms with Crippen LogP contribution in [0.15, 0.2) is 59.4 Å². The first-order chi connectivity index (χ1) is 18.2. The zero-order chi connectivity index (χ0) is 27.4. The number of aromatic hydroxyl groups is 1. The molecular weight excluding hydrogens is 508 g/mol. The summed E-state index contributed by atoms with van der Waals surface area (Å²) in [6, 6.07) is 8.55. The molecule has 0 bridgehead atoms. The van der Waals surface area contributed by atoms with E-state index in [2.05, 4.69) is 15.6 Å². The van der Waals surface area contributed by atoms with Gasteiger partial charge in [-0.05, 0) is 53.6 Å². The number of carboxylic acids is 1. The number of amides is 2. The van der Waals surface area contributed by atoms with Crippen molar-refractivity contribution in [1.29, 1.82) is 0 Å². The van der Waals surface area contributed by atoms with Crippen LogP contribution >= 0.6 is 11.3 Å². The number of nitrogens with one attached hydrogen (secondary N) is 2. The highest BCUT2D eigenvalue weighted by atomic mass is 32.1. The van der Waals surface area contributed by atoms with Crippen LogP contribution in [0.1, 0.15) is 52.7 Å². The van der Waals surface area contributed by atoms with E-state index in [0.29, 0.717) is 17.7 Å². The molecule has 11 heteroatoms. The minimum absolute atomic E-state index is 0.0324. The number of aromatic nitrogens is 2. The number of carbonyl (C=O) groups is 3. The van der Waals surface area contributed by atoms with E-state index in [1.807, 2.05) is 30.7 Å². The Hall–Kier alpha value is -4.22. The molecular formula is C27H28N4O6S. The number of carboxylic acid groups (broad SMARTS) is 1. The fourth-order valence-electron chi connectivity index (χ4n) is 4.23. The first-order valence-corrected chi connectivity index (χ1v) is 12.9. The van der Waals surface area contributed by atoms with E-state index >= 15 is 0 Å². The minimum Gasteiger partial charge on any atom is -0.508 e. The van der Waals surface area contributed by atoms with Gasteiger partial charge < -0.3 is 26.0 Å². The van der Waals surface area contributed by atoms with Gasteiger partial charge in [0, 0.05) is 17.1 Å². The number of rotatable bonds is 10. The molecule has 0 aliphatic rings. The number of aliphatic carboxylic acids is 1. The molecule has 10 nitrogen and oxygen atoms in total. The third-order valence-corrected chi connectivity index (χ3v) is 6.65. The third-order valence-electron chi connectivity index (χ3n) is 5.96. The quantitative estimate of drug-likeness (QED) is 0.208. The van der Waals surface area contributed by atoms with E-state index in [-0.39, 0.29) is 40.7 Å². The number of imidazole rings is 1. The van der Waals surface area contributed by atoms with Crippen molar-refractivity contribution in [2.24, 2.45) is 5.92 Å². The van der Waals surface area contributed by atoms with Gasteiger partial charge in [-0.25, -0.2) is 9.78 Å². The molecule has 0 aliphatic heterocycles. The lowest BCUT2D eigenvalue weighted by Crippen LogP contribution is -2.39. The second-order valence-electron chi connectivity index (χ2n) is 9.26. The monoisotopic (exact) mass is 536 g/mol. The number of aliphatic hydroxyl groups is 1. The van der Waals surface area contributed by atoms with Crippen LogP contribution < -0.4 is 10.6 Å². The van der Waals surface area contributed by atoms with Gasteiger partial charge in [0.05, 0.1) is 18.2 Å². The van der Waals surface area contributed by atoms with Crippen LogP contribution in [-0.4, -0.2) is 55.1 Å². The maximum Gasteiger partial charge on any atom is 0.330 e. The number of fused-ring (bicyclic) bond motifs is 1. The number of benzene rings is 1. The van der Waals surface area contributed by atoms with E-state index in [1.165, 1.54) is 46.1 Å².